The highest BCUT2D eigenvalue weighted by Gasteiger charge is 2.31. The van der Waals surface area contributed by atoms with Gasteiger partial charge in [-0.05, 0) is 45.7 Å². The Balaban J connectivity index is 1.97. The maximum atomic E-state index is 3.58. The zero-order valence-corrected chi connectivity index (χ0v) is 12.6. The molecule has 18 heavy (non-hydrogen) atoms. The minimum atomic E-state index is 0.717. The second-order valence-corrected chi connectivity index (χ2v) is 6.69. The van der Waals surface area contributed by atoms with Gasteiger partial charge >= 0.3 is 0 Å². The van der Waals surface area contributed by atoms with E-state index >= 15 is 0 Å². The third kappa shape index (κ3) is 3.48. The standard InChI is InChI=1S/C16H32N2/c1-13-8-7-9-14(12-13)18(3)16-11-6-4-5-10-15(16)17-2/h13-17H,4-12H2,1-3H3. The minimum absolute atomic E-state index is 0.717. The number of likely N-dealkylation sites (N-methyl/N-ethyl adjacent to an activating group) is 2. The first-order valence-electron chi connectivity index (χ1n) is 8.11. The summed E-state index contributed by atoms with van der Waals surface area (Å²) in [7, 11) is 4.54. The smallest absolute Gasteiger partial charge is 0.0249 e. The fourth-order valence-corrected chi connectivity index (χ4v) is 4.16. The Bertz CT molecular complexity index is 241. The van der Waals surface area contributed by atoms with Gasteiger partial charge in [0.1, 0.15) is 0 Å². The fourth-order valence-electron chi connectivity index (χ4n) is 4.16. The van der Waals surface area contributed by atoms with Crippen LogP contribution in [0.3, 0.4) is 0 Å². The molecule has 4 unspecified atom stereocenters. The van der Waals surface area contributed by atoms with E-state index in [1.165, 1.54) is 57.8 Å². The second-order valence-electron chi connectivity index (χ2n) is 6.69. The second kappa shape index (κ2) is 6.91. The van der Waals surface area contributed by atoms with Gasteiger partial charge in [-0.25, -0.2) is 0 Å². The molecule has 2 fully saturated rings. The van der Waals surface area contributed by atoms with Crippen molar-refractivity contribution < 1.29 is 0 Å². The molecule has 2 saturated carbocycles. The van der Waals surface area contributed by atoms with E-state index < -0.39 is 0 Å². The lowest BCUT2D eigenvalue weighted by atomic mass is 9.85. The summed E-state index contributed by atoms with van der Waals surface area (Å²) in [4.78, 5) is 2.74. The summed E-state index contributed by atoms with van der Waals surface area (Å²) < 4.78 is 0. The van der Waals surface area contributed by atoms with E-state index in [1.54, 1.807) is 0 Å². The van der Waals surface area contributed by atoms with Crippen molar-refractivity contribution in [3.63, 3.8) is 0 Å². The number of rotatable bonds is 3. The van der Waals surface area contributed by atoms with E-state index in [0.717, 1.165) is 24.0 Å². The summed E-state index contributed by atoms with van der Waals surface area (Å²) >= 11 is 0. The van der Waals surface area contributed by atoms with E-state index in [1.807, 2.05) is 0 Å². The van der Waals surface area contributed by atoms with Gasteiger partial charge in [0.25, 0.3) is 0 Å². The van der Waals surface area contributed by atoms with Gasteiger partial charge in [0.2, 0.25) is 0 Å². The molecule has 0 spiro atoms. The van der Waals surface area contributed by atoms with Crippen molar-refractivity contribution in [3.8, 4) is 0 Å². The molecule has 0 heterocycles. The molecule has 2 heteroatoms. The van der Waals surface area contributed by atoms with Crippen molar-refractivity contribution in [1.82, 2.24) is 10.2 Å². The normalized spacial score (nSPS) is 38.7. The highest BCUT2D eigenvalue weighted by Crippen LogP contribution is 2.31. The molecule has 0 amide bonds. The van der Waals surface area contributed by atoms with Crippen LogP contribution >= 0.6 is 0 Å². The van der Waals surface area contributed by atoms with Crippen molar-refractivity contribution in [2.24, 2.45) is 5.92 Å². The molecule has 2 aliphatic rings. The number of nitrogens with zero attached hydrogens (tertiary/aromatic N) is 1. The summed E-state index contributed by atoms with van der Waals surface area (Å²) in [5.41, 5.74) is 0. The molecule has 0 aromatic rings. The molecule has 2 aliphatic carbocycles. The highest BCUT2D eigenvalue weighted by molar-refractivity contribution is 4.89. The number of nitrogens with one attached hydrogen (secondary N) is 1. The van der Waals surface area contributed by atoms with Crippen LogP contribution in [0.4, 0.5) is 0 Å². The van der Waals surface area contributed by atoms with Crippen LogP contribution in [0.15, 0.2) is 0 Å². The van der Waals surface area contributed by atoms with Gasteiger partial charge in [-0.1, -0.05) is 39.0 Å². The molecule has 0 aromatic carbocycles. The predicted molar refractivity (Wildman–Crippen MR) is 78.9 cm³/mol. The van der Waals surface area contributed by atoms with Crippen LogP contribution in [0.25, 0.3) is 0 Å². The molecule has 0 saturated heterocycles. The predicted octanol–water partition coefficient (Wildman–Crippen LogP) is 3.42. The number of hydrogen-bond acceptors (Lipinski definition) is 2. The lowest BCUT2D eigenvalue weighted by Gasteiger charge is -2.41. The van der Waals surface area contributed by atoms with Crippen molar-refractivity contribution in [2.45, 2.75) is 82.8 Å². The largest absolute Gasteiger partial charge is 0.315 e. The molecule has 4 atom stereocenters. The Labute approximate surface area is 114 Å². The lowest BCUT2D eigenvalue weighted by Crippen LogP contribution is -2.51. The monoisotopic (exact) mass is 252 g/mol. The Morgan fingerprint density at radius 3 is 2.44 bits per heavy atom. The zero-order chi connectivity index (χ0) is 13.0. The third-order valence-electron chi connectivity index (χ3n) is 5.36. The minimum Gasteiger partial charge on any atom is -0.315 e. The van der Waals surface area contributed by atoms with E-state index in [9.17, 15) is 0 Å². The SMILES string of the molecule is CNC1CCCCCC1N(C)C1CCCC(C)C1. The Hall–Kier alpha value is -0.0800. The molecule has 1 N–H and O–H groups in total. The Morgan fingerprint density at radius 2 is 1.72 bits per heavy atom. The summed E-state index contributed by atoms with van der Waals surface area (Å²) in [5.74, 6) is 0.935. The fraction of sp³-hybridized carbons (Fsp3) is 1.00. The van der Waals surface area contributed by atoms with Crippen LogP contribution in [0.1, 0.15) is 64.7 Å². The summed E-state index contributed by atoms with van der Waals surface area (Å²) in [6.45, 7) is 2.43. The average molecular weight is 252 g/mol. The van der Waals surface area contributed by atoms with Crippen LogP contribution in [0.5, 0.6) is 0 Å². The number of hydrogen-bond donors (Lipinski definition) is 1. The van der Waals surface area contributed by atoms with Crippen LogP contribution in [-0.2, 0) is 0 Å². The quantitative estimate of drug-likeness (QED) is 0.774. The van der Waals surface area contributed by atoms with Gasteiger partial charge in [-0.3, -0.25) is 4.90 Å². The molecule has 0 radical (unpaired) electrons. The van der Waals surface area contributed by atoms with E-state index in [-0.39, 0.29) is 0 Å². The average Bonchev–Trinajstić information content (AvgIpc) is 2.62. The van der Waals surface area contributed by atoms with Crippen molar-refractivity contribution in [3.05, 3.63) is 0 Å². The van der Waals surface area contributed by atoms with Crippen molar-refractivity contribution in [2.75, 3.05) is 14.1 Å². The first kappa shape index (κ1) is 14.3. The van der Waals surface area contributed by atoms with E-state index in [0.29, 0.717) is 0 Å². The molecular formula is C16H32N2. The van der Waals surface area contributed by atoms with Gasteiger partial charge in [0.15, 0.2) is 0 Å². The van der Waals surface area contributed by atoms with E-state index in [2.05, 4.69) is 31.2 Å². The van der Waals surface area contributed by atoms with E-state index in [4.69, 9.17) is 0 Å². The Morgan fingerprint density at radius 1 is 0.944 bits per heavy atom. The third-order valence-corrected chi connectivity index (χ3v) is 5.36. The van der Waals surface area contributed by atoms with Gasteiger partial charge in [0.05, 0.1) is 0 Å². The first-order chi connectivity index (χ1) is 8.72. The van der Waals surface area contributed by atoms with Gasteiger partial charge < -0.3 is 5.32 Å². The highest BCUT2D eigenvalue weighted by atomic mass is 15.2. The van der Waals surface area contributed by atoms with Crippen LogP contribution in [0.2, 0.25) is 0 Å². The zero-order valence-electron chi connectivity index (χ0n) is 12.6. The topological polar surface area (TPSA) is 15.3 Å². The first-order valence-corrected chi connectivity index (χ1v) is 8.11. The van der Waals surface area contributed by atoms with Gasteiger partial charge in [0, 0.05) is 18.1 Å². The summed E-state index contributed by atoms with van der Waals surface area (Å²) in [6.07, 6.45) is 12.8. The summed E-state index contributed by atoms with van der Waals surface area (Å²) in [5, 5.41) is 3.58. The maximum absolute atomic E-state index is 3.58. The van der Waals surface area contributed by atoms with Crippen LogP contribution < -0.4 is 5.32 Å². The molecule has 2 rings (SSSR count). The molecule has 0 aliphatic heterocycles. The lowest BCUT2D eigenvalue weighted by molar-refractivity contribution is 0.0925. The molecule has 2 nitrogen and oxygen atoms in total. The molecule has 0 aromatic heterocycles. The maximum Gasteiger partial charge on any atom is 0.0249 e. The summed E-state index contributed by atoms with van der Waals surface area (Å²) in [6, 6.07) is 2.33. The van der Waals surface area contributed by atoms with Gasteiger partial charge in [-0.2, -0.15) is 0 Å². The van der Waals surface area contributed by atoms with Crippen molar-refractivity contribution in [1.29, 1.82) is 0 Å². The molecule has 106 valence electrons. The molecule has 0 bridgehead atoms. The molecular weight excluding hydrogens is 220 g/mol. The van der Waals surface area contributed by atoms with Crippen LogP contribution in [0, 0.1) is 5.92 Å². The van der Waals surface area contributed by atoms with Crippen LogP contribution in [-0.4, -0.2) is 37.1 Å². The van der Waals surface area contributed by atoms with Crippen molar-refractivity contribution >= 4 is 0 Å². The van der Waals surface area contributed by atoms with Gasteiger partial charge in [-0.15, -0.1) is 0 Å². The Kier molecular flexibility index (Phi) is 5.50.